The average molecular weight is 368 g/mol. The highest BCUT2D eigenvalue weighted by Gasteiger charge is 2.09. The van der Waals surface area contributed by atoms with E-state index in [1.807, 2.05) is 44.2 Å². The summed E-state index contributed by atoms with van der Waals surface area (Å²) in [5.74, 6) is -0.309. The SMILES string of the molecule is Cc1ccc(NC(=O)Cn2nc(-c3ccc(Cl)cc3)ccc2=O)cc1C. The first-order chi connectivity index (χ1) is 12.4. The number of amides is 1. The molecule has 0 aliphatic heterocycles. The molecule has 0 radical (unpaired) electrons. The van der Waals surface area contributed by atoms with Gasteiger partial charge in [-0.25, -0.2) is 4.68 Å². The summed E-state index contributed by atoms with van der Waals surface area (Å²) in [5, 5.41) is 7.70. The van der Waals surface area contributed by atoms with Crippen molar-refractivity contribution in [2.24, 2.45) is 0 Å². The third-order valence-electron chi connectivity index (χ3n) is 4.09. The van der Waals surface area contributed by atoms with Crippen LogP contribution in [0, 0.1) is 13.8 Å². The van der Waals surface area contributed by atoms with E-state index in [0.717, 1.165) is 21.4 Å². The van der Waals surface area contributed by atoms with Crippen LogP contribution >= 0.6 is 11.6 Å². The third kappa shape index (κ3) is 4.18. The van der Waals surface area contributed by atoms with Gasteiger partial charge in [-0.15, -0.1) is 0 Å². The summed E-state index contributed by atoms with van der Waals surface area (Å²) in [6.07, 6.45) is 0. The number of carbonyl (C=O) groups is 1. The van der Waals surface area contributed by atoms with Gasteiger partial charge in [0.15, 0.2) is 0 Å². The van der Waals surface area contributed by atoms with Gasteiger partial charge in [-0.2, -0.15) is 5.10 Å². The van der Waals surface area contributed by atoms with Crippen molar-refractivity contribution < 1.29 is 4.79 Å². The van der Waals surface area contributed by atoms with Gasteiger partial charge >= 0.3 is 0 Å². The lowest BCUT2D eigenvalue weighted by Crippen LogP contribution is -2.29. The molecule has 0 aliphatic carbocycles. The van der Waals surface area contributed by atoms with Gasteiger partial charge in [0.05, 0.1) is 5.69 Å². The Labute approximate surface area is 156 Å². The Hall–Kier alpha value is -2.92. The molecule has 6 heteroatoms. The molecule has 0 unspecified atom stereocenters. The van der Waals surface area contributed by atoms with Gasteiger partial charge in [0.25, 0.3) is 5.56 Å². The fraction of sp³-hybridized carbons (Fsp3) is 0.150. The maximum Gasteiger partial charge on any atom is 0.267 e. The minimum Gasteiger partial charge on any atom is -0.324 e. The molecular weight excluding hydrogens is 350 g/mol. The summed E-state index contributed by atoms with van der Waals surface area (Å²) in [4.78, 5) is 24.3. The maximum atomic E-state index is 12.3. The molecule has 0 saturated heterocycles. The highest BCUT2D eigenvalue weighted by molar-refractivity contribution is 6.30. The van der Waals surface area contributed by atoms with Crippen molar-refractivity contribution in [2.75, 3.05) is 5.32 Å². The van der Waals surface area contributed by atoms with Gasteiger partial charge in [-0.3, -0.25) is 9.59 Å². The van der Waals surface area contributed by atoms with Crippen molar-refractivity contribution in [3.8, 4) is 11.3 Å². The first kappa shape index (κ1) is 17.9. The second-order valence-corrected chi connectivity index (χ2v) is 6.51. The van der Waals surface area contributed by atoms with Crippen molar-refractivity contribution in [1.29, 1.82) is 0 Å². The fourth-order valence-electron chi connectivity index (χ4n) is 2.49. The zero-order valence-electron chi connectivity index (χ0n) is 14.5. The number of nitrogens with zero attached hydrogens (tertiary/aromatic N) is 2. The molecule has 0 fully saturated rings. The van der Waals surface area contributed by atoms with Gasteiger partial charge in [0, 0.05) is 22.3 Å². The Morgan fingerprint density at radius 2 is 1.77 bits per heavy atom. The first-order valence-electron chi connectivity index (χ1n) is 8.13. The Balaban J connectivity index is 1.79. The van der Waals surface area contributed by atoms with Crippen molar-refractivity contribution in [3.05, 3.63) is 81.1 Å². The predicted octanol–water partition coefficient (Wildman–Crippen LogP) is 3.82. The molecule has 132 valence electrons. The molecule has 0 spiro atoms. The summed E-state index contributed by atoms with van der Waals surface area (Å²) in [6.45, 7) is 3.83. The van der Waals surface area contributed by atoms with Crippen LogP contribution in [-0.4, -0.2) is 15.7 Å². The number of halogens is 1. The van der Waals surface area contributed by atoms with Gasteiger partial charge in [-0.1, -0.05) is 29.8 Å². The quantitative estimate of drug-likeness (QED) is 0.762. The number of hydrogen-bond acceptors (Lipinski definition) is 3. The van der Waals surface area contributed by atoms with E-state index >= 15 is 0 Å². The highest BCUT2D eigenvalue weighted by Crippen LogP contribution is 2.18. The lowest BCUT2D eigenvalue weighted by molar-refractivity contribution is -0.117. The van der Waals surface area contributed by atoms with E-state index in [2.05, 4.69) is 10.4 Å². The Morgan fingerprint density at radius 3 is 2.46 bits per heavy atom. The Morgan fingerprint density at radius 1 is 1.04 bits per heavy atom. The second kappa shape index (κ2) is 7.54. The van der Waals surface area contributed by atoms with Crippen LogP contribution in [0.15, 0.2) is 59.4 Å². The molecule has 0 bridgehead atoms. The van der Waals surface area contributed by atoms with Gasteiger partial charge in [0.2, 0.25) is 5.91 Å². The van der Waals surface area contributed by atoms with Crippen molar-refractivity contribution in [2.45, 2.75) is 20.4 Å². The second-order valence-electron chi connectivity index (χ2n) is 6.07. The number of rotatable bonds is 4. The number of anilines is 1. The molecule has 0 aliphatic rings. The first-order valence-corrected chi connectivity index (χ1v) is 8.51. The fourth-order valence-corrected chi connectivity index (χ4v) is 2.62. The largest absolute Gasteiger partial charge is 0.324 e. The van der Waals surface area contributed by atoms with E-state index in [9.17, 15) is 9.59 Å². The normalized spacial score (nSPS) is 10.6. The summed E-state index contributed by atoms with van der Waals surface area (Å²) in [5.41, 5.74) is 4.01. The average Bonchev–Trinajstić information content (AvgIpc) is 2.61. The molecule has 2 aromatic carbocycles. The summed E-state index contributed by atoms with van der Waals surface area (Å²) >= 11 is 5.89. The molecule has 0 saturated carbocycles. The van der Waals surface area contributed by atoms with Crippen molar-refractivity contribution in [3.63, 3.8) is 0 Å². The molecular formula is C20H18ClN3O2. The minimum atomic E-state index is -0.335. The zero-order chi connectivity index (χ0) is 18.7. The molecule has 1 amide bonds. The van der Waals surface area contributed by atoms with Gasteiger partial charge in [-0.05, 0) is 55.3 Å². The van der Waals surface area contributed by atoms with E-state index < -0.39 is 0 Å². The summed E-state index contributed by atoms with van der Waals surface area (Å²) in [7, 11) is 0. The van der Waals surface area contributed by atoms with E-state index in [1.54, 1.807) is 18.2 Å². The van der Waals surface area contributed by atoms with Crippen LogP contribution < -0.4 is 10.9 Å². The van der Waals surface area contributed by atoms with E-state index in [1.165, 1.54) is 6.07 Å². The van der Waals surface area contributed by atoms with Crippen LogP contribution in [-0.2, 0) is 11.3 Å². The van der Waals surface area contributed by atoms with Gasteiger partial charge in [0.1, 0.15) is 6.54 Å². The number of nitrogens with one attached hydrogen (secondary N) is 1. The number of carbonyl (C=O) groups excluding carboxylic acids is 1. The molecule has 1 aromatic heterocycles. The summed E-state index contributed by atoms with van der Waals surface area (Å²) in [6, 6.07) is 15.8. The number of aryl methyl sites for hydroxylation is 2. The number of benzene rings is 2. The van der Waals surface area contributed by atoms with E-state index in [0.29, 0.717) is 16.4 Å². The molecule has 0 atom stereocenters. The smallest absolute Gasteiger partial charge is 0.267 e. The highest BCUT2D eigenvalue weighted by atomic mass is 35.5. The lowest BCUT2D eigenvalue weighted by atomic mass is 10.1. The molecule has 3 aromatic rings. The topological polar surface area (TPSA) is 64.0 Å². The maximum absolute atomic E-state index is 12.3. The number of hydrogen-bond donors (Lipinski definition) is 1. The van der Waals surface area contributed by atoms with Crippen LogP contribution in [0.3, 0.4) is 0 Å². The molecule has 26 heavy (non-hydrogen) atoms. The Bertz CT molecular complexity index is 1010. The van der Waals surface area contributed by atoms with E-state index in [-0.39, 0.29) is 18.0 Å². The zero-order valence-corrected chi connectivity index (χ0v) is 15.2. The van der Waals surface area contributed by atoms with Crippen molar-refractivity contribution >= 4 is 23.2 Å². The van der Waals surface area contributed by atoms with Crippen LogP contribution in [0.4, 0.5) is 5.69 Å². The van der Waals surface area contributed by atoms with Crippen LogP contribution in [0.1, 0.15) is 11.1 Å². The molecule has 5 nitrogen and oxygen atoms in total. The Kier molecular flexibility index (Phi) is 5.19. The molecule has 3 rings (SSSR count). The van der Waals surface area contributed by atoms with Crippen molar-refractivity contribution in [1.82, 2.24) is 9.78 Å². The monoisotopic (exact) mass is 367 g/mol. The molecule has 1 N–H and O–H groups in total. The van der Waals surface area contributed by atoms with E-state index in [4.69, 9.17) is 11.6 Å². The van der Waals surface area contributed by atoms with Crippen LogP contribution in [0.5, 0.6) is 0 Å². The van der Waals surface area contributed by atoms with Crippen LogP contribution in [0.25, 0.3) is 11.3 Å². The molecule has 1 heterocycles. The summed E-state index contributed by atoms with van der Waals surface area (Å²) < 4.78 is 1.15. The number of aromatic nitrogens is 2. The lowest BCUT2D eigenvalue weighted by Gasteiger charge is -2.09. The third-order valence-corrected chi connectivity index (χ3v) is 4.34. The minimum absolute atomic E-state index is 0.160. The van der Waals surface area contributed by atoms with Crippen LogP contribution in [0.2, 0.25) is 5.02 Å². The standard InChI is InChI=1S/C20H18ClN3O2/c1-13-3-8-17(11-14(13)2)22-19(25)12-24-20(26)10-9-18(23-24)15-4-6-16(21)7-5-15/h3-11H,12H2,1-2H3,(H,22,25). The van der Waals surface area contributed by atoms with Gasteiger partial charge < -0.3 is 5.32 Å². The predicted molar refractivity (Wildman–Crippen MR) is 103 cm³/mol.